The van der Waals surface area contributed by atoms with Gasteiger partial charge in [-0.3, -0.25) is 0 Å². The highest BCUT2D eigenvalue weighted by Gasteiger charge is 2.31. The zero-order valence-electron chi connectivity index (χ0n) is 22.0. The number of nitrogens with zero attached hydrogens (tertiary/aromatic N) is 4. The van der Waals surface area contributed by atoms with Crippen molar-refractivity contribution in [2.45, 2.75) is 25.9 Å². The van der Waals surface area contributed by atoms with Crippen LogP contribution in [0.4, 0.5) is 18.9 Å². The van der Waals surface area contributed by atoms with Crippen LogP contribution < -0.4 is 14.4 Å². The Hall–Kier alpha value is -3.77. The van der Waals surface area contributed by atoms with E-state index in [-0.39, 0.29) is 5.75 Å². The van der Waals surface area contributed by atoms with Crippen LogP contribution in [-0.4, -0.2) is 61.1 Å². The van der Waals surface area contributed by atoms with Gasteiger partial charge in [0, 0.05) is 38.4 Å². The molecule has 8 nitrogen and oxygen atoms in total. The van der Waals surface area contributed by atoms with Crippen LogP contribution >= 0.6 is 0 Å². The fourth-order valence-electron chi connectivity index (χ4n) is 4.82. The third-order valence-corrected chi connectivity index (χ3v) is 8.05. The number of fused-ring (bicyclic) bond motifs is 1. The van der Waals surface area contributed by atoms with Crippen molar-refractivity contribution in [1.29, 1.82) is 0 Å². The molecule has 0 N–H and O–H groups in total. The number of sulfonamides is 1. The number of ether oxygens (including phenoxy) is 2. The van der Waals surface area contributed by atoms with Gasteiger partial charge < -0.3 is 18.9 Å². The number of para-hydroxylation sites is 1. The smallest absolute Gasteiger partial charge is 0.483 e. The van der Waals surface area contributed by atoms with Gasteiger partial charge in [0.1, 0.15) is 11.5 Å². The van der Waals surface area contributed by atoms with Crippen LogP contribution in [0, 0.1) is 0 Å². The molecule has 0 spiro atoms. The number of aromatic nitrogens is 2. The first-order valence-corrected chi connectivity index (χ1v) is 14.6. The number of hydrogen-bond donors (Lipinski definition) is 0. The van der Waals surface area contributed by atoms with E-state index in [2.05, 4.69) is 9.64 Å². The summed E-state index contributed by atoms with van der Waals surface area (Å²) in [6, 6.07) is 21.0. The fourth-order valence-corrected chi connectivity index (χ4v) is 5.64. The van der Waals surface area contributed by atoms with E-state index in [0.717, 1.165) is 22.3 Å². The van der Waals surface area contributed by atoms with Crippen LogP contribution in [0.15, 0.2) is 72.8 Å². The van der Waals surface area contributed by atoms with E-state index in [1.165, 1.54) is 22.7 Å². The molecule has 0 radical (unpaired) electrons. The molecule has 4 aromatic rings. The van der Waals surface area contributed by atoms with E-state index in [0.29, 0.717) is 44.3 Å². The van der Waals surface area contributed by atoms with E-state index in [9.17, 15) is 21.6 Å². The van der Waals surface area contributed by atoms with Crippen molar-refractivity contribution in [1.82, 2.24) is 13.9 Å². The van der Waals surface area contributed by atoms with Crippen LogP contribution in [0.2, 0.25) is 0 Å². The highest BCUT2D eigenvalue weighted by molar-refractivity contribution is 7.88. The first-order chi connectivity index (χ1) is 19.0. The lowest BCUT2D eigenvalue weighted by Gasteiger charge is -2.34. The maximum absolute atomic E-state index is 12.6. The molecule has 2 heterocycles. The molecule has 0 saturated carbocycles. The molecule has 40 heavy (non-hydrogen) atoms. The topological polar surface area (TPSA) is 76.9 Å². The molecule has 1 fully saturated rings. The van der Waals surface area contributed by atoms with E-state index < -0.39 is 22.5 Å². The van der Waals surface area contributed by atoms with Gasteiger partial charge in [0.25, 0.3) is 0 Å². The minimum Gasteiger partial charge on any atom is -0.483 e. The molecule has 0 amide bonds. The Kier molecular flexibility index (Phi) is 7.65. The summed E-state index contributed by atoms with van der Waals surface area (Å²) in [7, 11) is -3.25. The Balaban J connectivity index is 1.47. The molecule has 1 aliphatic heterocycles. The van der Waals surface area contributed by atoms with Crippen LogP contribution in [0.25, 0.3) is 11.0 Å². The summed E-state index contributed by atoms with van der Waals surface area (Å²) in [5.74, 6) is 1.06. The second kappa shape index (κ2) is 11.0. The van der Waals surface area contributed by atoms with Crippen molar-refractivity contribution >= 4 is 26.7 Å². The Morgan fingerprint density at radius 2 is 1.60 bits per heavy atom. The number of piperazine rings is 1. The van der Waals surface area contributed by atoms with Crippen molar-refractivity contribution < 1.29 is 31.1 Å². The average molecular weight is 575 g/mol. The molecule has 12 heteroatoms. The number of anilines is 1. The van der Waals surface area contributed by atoms with Gasteiger partial charge in [-0.2, -0.15) is 4.31 Å². The summed E-state index contributed by atoms with van der Waals surface area (Å²) < 4.78 is 75.4. The minimum absolute atomic E-state index is 0.289. The predicted octanol–water partition coefficient (Wildman–Crippen LogP) is 5.20. The first-order valence-electron chi connectivity index (χ1n) is 12.7. The second-order valence-electron chi connectivity index (χ2n) is 9.64. The summed E-state index contributed by atoms with van der Waals surface area (Å²) in [6.07, 6.45) is -3.97. The Morgan fingerprint density at radius 3 is 2.23 bits per heavy atom. The predicted molar refractivity (Wildman–Crippen MR) is 146 cm³/mol. The third kappa shape index (κ3) is 6.50. The van der Waals surface area contributed by atoms with Crippen LogP contribution in [0.3, 0.4) is 0 Å². The fraction of sp³-hybridized carbons (Fsp3) is 0.321. The molecule has 0 bridgehead atoms. The minimum atomic E-state index is -4.76. The third-order valence-electron chi connectivity index (χ3n) is 6.75. The van der Waals surface area contributed by atoms with Crippen molar-refractivity contribution in [3.63, 3.8) is 0 Å². The lowest BCUT2D eigenvalue weighted by molar-refractivity contribution is -0.274. The number of benzene rings is 3. The molecule has 1 aromatic heterocycles. The number of halogens is 3. The van der Waals surface area contributed by atoms with E-state index in [1.807, 2.05) is 60.0 Å². The van der Waals surface area contributed by atoms with E-state index in [1.54, 1.807) is 12.1 Å². The lowest BCUT2D eigenvalue weighted by atomic mass is 10.2. The Labute approximate surface area is 230 Å². The summed E-state index contributed by atoms with van der Waals surface area (Å²) >= 11 is 0. The molecule has 5 rings (SSSR count). The molecular formula is C28H29F3N4O4S. The van der Waals surface area contributed by atoms with Gasteiger partial charge in [0.15, 0.2) is 11.9 Å². The molecule has 1 unspecified atom stereocenters. The van der Waals surface area contributed by atoms with Gasteiger partial charge in [-0.15, -0.1) is 13.2 Å². The molecule has 3 aromatic carbocycles. The van der Waals surface area contributed by atoms with E-state index in [4.69, 9.17) is 9.72 Å². The second-order valence-corrected chi connectivity index (χ2v) is 11.6. The summed E-state index contributed by atoms with van der Waals surface area (Å²) in [5.41, 5.74) is 3.26. The Bertz CT molecular complexity index is 1570. The number of alkyl halides is 3. The van der Waals surface area contributed by atoms with Gasteiger partial charge in [-0.05, 0) is 55.0 Å². The zero-order chi connectivity index (χ0) is 28.5. The van der Waals surface area contributed by atoms with Crippen molar-refractivity contribution in [3.05, 3.63) is 84.2 Å². The maximum atomic E-state index is 12.6. The molecule has 1 saturated heterocycles. The lowest BCUT2D eigenvalue weighted by Crippen LogP contribution is -2.48. The maximum Gasteiger partial charge on any atom is 0.573 e. The molecule has 0 aliphatic carbocycles. The summed E-state index contributed by atoms with van der Waals surface area (Å²) in [4.78, 5) is 6.99. The van der Waals surface area contributed by atoms with Gasteiger partial charge in [-0.25, -0.2) is 13.4 Å². The van der Waals surface area contributed by atoms with Gasteiger partial charge in [0.05, 0.1) is 17.3 Å². The summed E-state index contributed by atoms with van der Waals surface area (Å²) in [5, 5.41) is 0. The largest absolute Gasteiger partial charge is 0.573 e. The highest BCUT2D eigenvalue weighted by atomic mass is 32.2. The standard InChI is InChI=1S/C28H29F3N4O4S/c1-20(38-23-6-4-3-5-7-23)27-32-25-13-10-22(33-14-16-34(17-15-33)40(2,36)37)18-26(25)35(27)19-21-8-11-24(12-9-21)39-28(29,30)31/h3-13,18,20H,14-17,19H2,1-2H3. The van der Waals surface area contributed by atoms with Crippen molar-refractivity contribution in [2.24, 2.45) is 0 Å². The first kappa shape index (κ1) is 27.8. The highest BCUT2D eigenvalue weighted by Crippen LogP contribution is 2.30. The van der Waals surface area contributed by atoms with Gasteiger partial charge in [0.2, 0.25) is 10.0 Å². The van der Waals surface area contributed by atoms with Gasteiger partial charge >= 0.3 is 6.36 Å². The quantitative estimate of drug-likeness (QED) is 0.288. The summed E-state index contributed by atoms with van der Waals surface area (Å²) in [6.45, 7) is 4.13. The SMILES string of the molecule is CC(Oc1ccccc1)c1nc2ccc(N3CCN(S(C)(=O)=O)CC3)cc2n1Cc1ccc(OC(F)(F)F)cc1. The van der Waals surface area contributed by atoms with Crippen LogP contribution in [0.1, 0.15) is 24.4 Å². The Morgan fingerprint density at radius 1 is 0.925 bits per heavy atom. The normalized spacial score (nSPS) is 15.8. The van der Waals surface area contributed by atoms with Crippen LogP contribution in [0.5, 0.6) is 11.5 Å². The molecular weight excluding hydrogens is 545 g/mol. The molecule has 1 atom stereocenters. The monoisotopic (exact) mass is 574 g/mol. The number of hydrogen-bond acceptors (Lipinski definition) is 6. The van der Waals surface area contributed by atoms with Crippen LogP contribution in [-0.2, 0) is 16.6 Å². The van der Waals surface area contributed by atoms with Crippen molar-refractivity contribution in [2.75, 3.05) is 37.3 Å². The van der Waals surface area contributed by atoms with E-state index >= 15 is 0 Å². The number of rotatable bonds is 8. The van der Waals surface area contributed by atoms with Gasteiger partial charge in [-0.1, -0.05) is 30.3 Å². The molecule has 1 aliphatic rings. The zero-order valence-corrected chi connectivity index (χ0v) is 22.8. The average Bonchev–Trinajstić information content (AvgIpc) is 3.27. The molecule has 212 valence electrons. The van der Waals surface area contributed by atoms with Crippen molar-refractivity contribution in [3.8, 4) is 11.5 Å². The number of imidazole rings is 1.